The minimum atomic E-state index is -4.49. The van der Waals surface area contributed by atoms with E-state index in [1.54, 1.807) is 13.8 Å². The van der Waals surface area contributed by atoms with Crippen molar-refractivity contribution in [3.8, 4) is 0 Å². The lowest BCUT2D eigenvalue weighted by molar-refractivity contribution is -0.138. The zero-order chi connectivity index (χ0) is 20.1. The Morgan fingerprint density at radius 2 is 1.81 bits per heavy atom. The Kier molecular flexibility index (Phi) is 7.57. The molecule has 148 valence electrons. The van der Waals surface area contributed by atoms with Crippen LogP contribution < -0.4 is 10.0 Å². The number of nitrogens with one attached hydrogen (secondary N) is 2. The number of unbranched alkanes of at least 4 members (excludes halogenated alkanes) is 1. The second kappa shape index (κ2) is 8.81. The summed E-state index contributed by atoms with van der Waals surface area (Å²) in [6, 6.07) is 0. The number of pyridine rings is 1. The molecule has 1 aromatic heterocycles. The Balaban J connectivity index is 2.53. The minimum Gasteiger partial charge on any atom is -0.310 e. The first-order valence-electron chi connectivity index (χ1n) is 8.18. The number of alkyl halides is 3. The molecule has 1 rings (SSSR count). The summed E-state index contributed by atoms with van der Waals surface area (Å²) in [5.74, 6) is -0.285. The number of nitrogens with zero attached hydrogens (tertiary/aromatic N) is 1. The lowest BCUT2D eigenvalue weighted by atomic mass is 10.1. The Morgan fingerprint density at radius 1 is 1.19 bits per heavy atom. The molecule has 0 aliphatic rings. The monoisotopic (exact) mass is 395 g/mol. The number of amides is 1. The predicted octanol–water partition coefficient (Wildman–Crippen LogP) is 3.15. The van der Waals surface area contributed by atoms with Gasteiger partial charge in [0.2, 0.25) is 15.9 Å². The SMILES string of the molecule is Cc1c(C(F)(F)F)cnc(NC(=O)CCCCNS(=O)(=O)C(C)C)c1C. The maximum atomic E-state index is 12.8. The smallest absolute Gasteiger partial charge is 0.310 e. The largest absolute Gasteiger partial charge is 0.418 e. The van der Waals surface area contributed by atoms with Gasteiger partial charge in [0.15, 0.2) is 0 Å². The average Bonchev–Trinajstić information content (AvgIpc) is 2.50. The van der Waals surface area contributed by atoms with Crippen molar-refractivity contribution in [2.24, 2.45) is 0 Å². The molecule has 1 amide bonds. The van der Waals surface area contributed by atoms with E-state index in [0.717, 1.165) is 0 Å². The third-order valence-corrected chi connectivity index (χ3v) is 5.81. The van der Waals surface area contributed by atoms with Gasteiger partial charge in [0.25, 0.3) is 0 Å². The molecule has 0 saturated carbocycles. The Bertz CT molecular complexity index is 747. The van der Waals surface area contributed by atoms with Gasteiger partial charge >= 0.3 is 6.18 Å². The molecule has 26 heavy (non-hydrogen) atoms. The Morgan fingerprint density at radius 3 is 2.35 bits per heavy atom. The molecule has 1 aromatic rings. The van der Waals surface area contributed by atoms with E-state index < -0.39 is 27.0 Å². The molecule has 0 aliphatic heterocycles. The van der Waals surface area contributed by atoms with Crippen LogP contribution in [0, 0.1) is 13.8 Å². The maximum Gasteiger partial charge on any atom is 0.418 e. The van der Waals surface area contributed by atoms with E-state index in [1.807, 2.05) is 0 Å². The van der Waals surface area contributed by atoms with Gasteiger partial charge in [-0.3, -0.25) is 4.79 Å². The Hall–Kier alpha value is -1.68. The van der Waals surface area contributed by atoms with Gasteiger partial charge in [0.1, 0.15) is 5.82 Å². The van der Waals surface area contributed by atoms with E-state index in [-0.39, 0.29) is 35.8 Å². The molecule has 0 bridgehead atoms. The number of aromatic nitrogens is 1. The first-order valence-corrected chi connectivity index (χ1v) is 9.72. The number of halogens is 3. The second-order valence-electron chi connectivity index (χ2n) is 6.26. The van der Waals surface area contributed by atoms with E-state index in [1.165, 1.54) is 13.8 Å². The summed E-state index contributed by atoms with van der Waals surface area (Å²) in [5.41, 5.74) is -0.547. The van der Waals surface area contributed by atoms with E-state index in [2.05, 4.69) is 15.0 Å². The van der Waals surface area contributed by atoms with Crippen molar-refractivity contribution < 1.29 is 26.4 Å². The zero-order valence-corrected chi connectivity index (χ0v) is 16.0. The fourth-order valence-corrected chi connectivity index (χ4v) is 2.86. The molecule has 0 aliphatic carbocycles. The quantitative estimate of drug-likeness (QED) is 0.662. The van der Waals surface area contributed by atoms with Gasteiger partial charge in [-0.25, -0.2) is 18.1 Å². The molecule has 0 spiro atoms. The highest BCUT2D eigenvalue weighted by atomic mass is 32.2. The summed E-state index contributed by atoms with van der Waals surface area (Å²) in [6.45, 7) is 6.16. The highest BCUT2D eigenvalue weighted by Gasteiger charge is 2.33. The van der Waals surface area contributed by atoms with Crippen molar-refractivity contribution in [2.75, 3.05) is 11.9 Å². The lowest BCUT2D eigenvalue weighted by Gasteiger charge is -2.15. The van der Waals surface area contributed by atoms with Gasteiger partial charge in [-0.05, 0) is 51.7 Å². The average molecular weight is 395 g/mol. The summed E-state index contributed by atoms with van der Waals surface area (Å²) >= 11 is 0. The molecule has 0 saturated heterocycles. The van der Waals surface area contributed by atoms with Crippen LogP contribution in [0.4, 0.5) is 19.0 Å². The summed E-state index contributed by atoms with van der Waals surface area (Å²) in [7, 11) is -3.33. The topological polar surface area (TPSA) is 88.2 Å². The van der Waals surface area contributed by atoms with Crippen LogP contribution in [0.2, 0.25) is 0 Å². The molecule has 2 N–H and O–H groups in total. The van der Waals surface area contributed by atoms with Gasteiger partial charge in [0, 0.05) is 19.2 Å². The fourth-order valence-electron chi connectivity index (χ4n) is 2.10. The van der Waals surface area contributed by atoms with Gasteiger partial charge < -0.3 is 5.32 Å². The normalized spacial score (nSPS) is 12.5. The van der Waals surface area contributed by atoms with Gasteiger partial charge in [-0.1, -0.05) is 0 Å². The van der Waals surface area contributed by atoms with E-state index >= 15 is 0 Å². The molecule has 1 heterocycles. The molecular formula is C16H24F3N3O3S. The summed E-state index contributed by atoms with van der Waals surface area (Å²) in [4.78, 5) is 15.6. The molecule has 0 atom stereocenters. The molecular weight excluding hydrogens is 371 g/mol. The van der Waals surface area contributed by atoms with Crippen molar-refractivity contribution >= 4 is 21.7 Å². The summed E-state index contributed by atoms with van der Waals surface area (Å²) < 4.78 is 64.0. The highest BCUT2D eigenvalue weighted by molar-refractivity contribution is 7.90. The van der Waals surface area contributed by atoms with Crippen LogP contribution in [0.25, 0.3) is 0 Å². The standard InChI is InChI=1S/C16H24F3N3O3S/c1-10(2)26(24,25)21-8-6-5-7-14(23)22-15-12(4)11(3)13(9-20-15)16(17,18)19/h9-10,21H,5-8H2,1-4H3,(H,20,22,23). The number of carbonyl (C=O) groups excluding carboxylic acids is 1. The number of rotatable bonds is 8. The number of sulfonamides is 1. The van der Waals surface area contributed by atoms with Crippen LogP contribution in [-0.4, -0.2) is 31.1 Å². The molecule has 6 nitrogen and oxygen atoms in total. The van der Waals surface area contributed by atoms with Crippen LogP contribution in [0.3, 0.4) is 0 Å². The van der Waals surface area contributed by atoms with Gasteiger partial charge in [-0.15, -0.1) is 0 Å². The number of anilines is 1. The van der Waals surface area contributed by atoms with Crippen molar-refractivity contribution in [1.29, 1.82) is 0 Å². The summed E-state index contributed by atoms with van der Waals surface area (Å²) in [6.07, 6.45) is -2.76. The highest BCUT2D eigenvalue weighted by Crippen LogP contribution is 2.33. The van der Waals surface area contributed by atoms with Crippen molar-refractivity contribution in [2.45, 2.75) is 58.4 Å². The van der Waals surface area contributed by atoms with E-state index in [0.29, 0.717) is 19.0 Å². The first kappa shape index (κ1) is 22.4. The molecule has 0 fully saturated rings. The number of hydrogen-bond donors (Lipinski definition) is 2. The minimum absolute atomic E-state index is 0.0193. The maximum absolute atomic E-state index is 12.8. The summed E-state index contributed by atoms with van der Waals surface area (Å²) in [5, 5.41) is 1.97. The predicted molar refractivity (Wildman–Crippen MR) is 93.3 cm³/mol. The molecule has 10 heteroatoms. The molecule has 0 unspecified atom stereocenters. The van der Waals surface area contributed by atoms with Crippen LogP contribution in [-0.2, 0) is 21.0 Å². The molecule has 0 radical (unpaired) electrons. The van der Waals surface area contributed by atoms with Crippen molar-refractivity contribution in [1.82, 2.24) is 9.71 Å². The Labute approximate surface area is 151 Å². The zero-order valence-electron chi connectivity index (χ0n) is 15.2. The van der Waals surface area contributed by atoms with Gasteiger partial charge in [0.05, 0.1) is 10.8 Å². The number of hydrogen-bond acceptors (Lipinski definition) is 4. The first-order chi connectivity index (χ1) is 11.9. The van der Waals surface area contributed by atoms with Crippen LogP contribution in [0.15, 0.2) is 6.20 Å². The second-order valence-corrected chi connectivity index (χ2v) is 8.58. The number of carbonyl (C=O) groups is 1. The van der Waals surface area contributed by atoms with Crippen LogP contribution in [0.1, 0.15) is 49.8 Å². The third-order valence-electron chi connectivity index (χ3n) is 3.96. The fraction of sp³-hybridized carbons (Fsp3) is 0.625. The third kappa shape index (κ3) is 6.24. The van der Waals surface area contributed by atoms with Gasteiger partial charge in [-0.2, -0.15) is 13.2 Å². The lowest BCUT2D eigenvalue weighted by Crippen LogP contribution is -2.31. The van der Waals surface area contributed by atoms with Crippen LogP contribution >= 0.6 is 0 Å². The van der Waals surface area contributed by atoms with E-state index in [4.69, 9.17) is 0 Å². The van der Waals surface area contributed by atoms with Crippen molar-refractivity contribution in [3.05, 3.63) is 22.9 Å². The van der Waals surface area contributed by atoms with Crippen molar-refractivity contribution in [3.63, 3.8) is 0 Å². The van der Waals surface area contributed by atoms with Crippen LogP contribution in [0.5, 0.6) is 0 Å². The van der Waals surface area contributed by atoms with E-state index in [9.17, 15) is 26.4 Å². The molecule has 0 aromatic carbocycles.